The number of carbonyl (C=O) groups is 1. The summed E-state index contributed by atoms with van der Waals surface area (Å²) in [5.41, 5.74) is 1.51. The molecule has 2 atom stereocenters. The number of halogens is 1. The molecule has 1 aromatic carbocycles. The molecule has 0 aromatic heterocycles. The highest BCUT2D eigenvalue weighted by Gasteiger charge is 2.45. The SMILES string of the molecule is N#Cc1ccc(Br)c([C@@H]2C[C@H]2C(=O)O)c1. The van der Waals surface area contributed by atoms with Crippen LogP contribution in [0.4, 0.5) is 0 Å². The molecular weight excluding hydrogens is 258 g/mol. The first-order valence-electron chi connectivity index (χ1n) is 4.56. The van der Waals surface area contributed by atoms with E-state index in [1.165, 1.54) is 0 Å². The van der Waals surface area contributed by atoms with E-state index in [4.69, 9.17) is 10.4 Å². The number of hydrogen-bond donors (Lipinski definition) is 1. The first-order chi connectivity index (χ1) is 7.13. The second-order valence-electron chi connectivity index (χ2n) is 3.64. The highest BCUT2D eigenvalue weighted by Crippen LogP contribution is 2.49. The predicted molar refractivity (Wildman–Crippen MR) is 57.3 cm³/mol. The van der Waals surface area contributed by atoms with Crippen molar-refractivity contribution in [1.82, 2.24) is 0 Å². The smallest absolute Gasteiger partial charge is 0.307 e. The van der Waals surface area contributed by atoms with Gasteiger partial charge >= 0.3 is 5.97 Å². The minimum absolute atomic E-state index is 0.0603. The van der Waals surface area contributed by atoms with Crippen molar-refractivity contribution in [3.63, 3.8) is 0 Å². The van der Waals surface area contributed by atoms with Crippen LogP contribution >= 0.6 is 15.9 Å². The van der Waals surface area contributed by atoms with Gasteiger partial charge in [-0.3, -0.25) is 4.79 Å². The van der Waals surface area contributed by atoms with E-state index in [0.29, 0.717) is 12.0 Å². The third kappa shape index (κ3) is 1.88. The molecule has 1 aliphatic carbocycles. The van der Waals surface area contributed by atoms with Gasteiger partial charge in [0.2, 0.25) is 0 Å². The molecule has 0 bridgehead atoms. The Labute approximate surface area is 95.5 Å². The van der Waals surface area contributed by atoms with Crippen molar-refractivity contribution in [3.05, 3.63) is 33.8 Å². The van der Waals surface area contributed by atoms with Crippen molar-refractivity contribution < 1.29 is 9.90 Å². The molecule has 1 fully saturated rings. The van der Waals surface area contributed by atoms with Crippen molar-refractivity contribution >= 4 is 21.9 Å². The molecular formula is C11H8BrNO2. The summed E-state index contributed by atoms with van der Waals surface area (Å²) in [5, 5.41) is 17.6. The van der Waals surface area contributed by atoms with E-state index in [2.05, 4.69) is 22.0 Å². The summed E-state index contributed by atoms with van der Waals surface area (Å²) in [7, 11) is 0. The summed E-state index contributed by atoms with van der Waals surface area (Å²) in [6, 6.07) is 7.33. The number of hydrogen-bond acceptors (Lipinski definition) is 2. The Morgan fingerprint density at radius 1 is 1.60 bits per heavy atom. The molecule has 0 unspecified atom stereocenters. The summed E-state index contributed by atoms with van der Waals surface area (Å²) in [6.45, 7) is 0. The molecule has 0 aliphatic heterocycles. The van der Waals surface area contributed by atoms with Gasteiger partial charge in [0.1, 0.15) is 0 Å². The molecule has 3 nitrogen and oxygen atoms in total. The average Bonchev–Trinajstić information content (AvgIpc) is 2.98. The van der Waals surface area contributed by atoms with Gasteiger partial charge in [0.25, 0.3) is 0 Å². The van der Waals surface area contributed by atoms with Crippen LogP contribution in [0, 0.1) is 17.2 Å². The molecule has 1 aliphatic rings. The number of benzene rings is 1. The van der Waals surface area contributed by atoms with Crippen LogP contribution < -0.4 is 0 Å². The number of carboxylic acid groups (broad SMARTS) is 1. The highest BCUT2D eigenvalue weighted by atomic mass is 79.9. The van der Waals surface area contributed by atoms with Crippen LogP contribution in [0.25, 0.3) is 0 Å². The maximum Gasteiger partial charge on any atom is 0.307 e. The number of nitrogens with zero attached hydrogens (tertiary/aromatic N) is 1. The first-order valence-corrected chi connectivity index (χ1v) is 5.35. The van der Waals surface area contributed by atoms with Crippen molar-refractivity contribution in [2.45, 2.75) is 12.3 Å². The second-order valence-corrected chi connectivity index (χ2v) is 4.49. The van der Waals surface area contributed by atoms with E-state index in [-0.39, 0.29) is 11.8 Å². The minimum Gasteiger partial charge on any atom is -0.481 e. The molecule has 1 N–H and O–H groups in total. The molecule has 1 aromatic rings. The van der Waals surface area contributed by atoms with E-state index in [0.717, 1.165) is 10.0 Å². The van der Waals surface area contributed by atoms with Crippen LogP contribution in [-0.2, 0) is 4.79 Å². The van der Waals surface area contributed by atoms with Crippen molar-refractivity contribution in [2.75, 3.05) is 0 Å². The molecule has 4 heteroatoms. The largest absolute Gasteiger partial charge is 0.481 e. The quantitative estimate of drug-likeness (QED) is 0.894. The summed E-state index contributed by atoms with van der Waals surface area (Å²) < 4.78 is 0.884. The van der Waals surface area contributed by atoms with Gasteiger partial charge in [-0.15, -0.1) is 0 Å². The Morgan fingerprint density at radius 2 is 2.33 bits per heavy atom. The minimum atomic E-state index is -0.755. The van der Waals surface area contributed by atoms with Crippen LogP contribution in [0.1, 0.15) is 23.5 Å². The lowest BCUT2D eigenvalue weighted by atomic mass is 10.1. The zero-order valence-corrected chi connectivity index (χ0v) is 9.36. The summed E-state index contributed by atoms with van der Waals surface area (Å²) in [4.78, 5) is 10.7. The van der Waals surface area contributed by atoms with Gasteiger partial charge in [-0.2, -0.15) is 5.26 Å². The Hall–Kier alpha value is -1.34. The third-order valence-electron chi connectivity index (χ3n) is 2.63. The number of rotatable bonds is 2. The maximum atomic E-state index is 10.7. The summed E-state index contributed by atoms with van der Waals surface area (Å²) >= 11 is 3.37. The second kappa shape index (κ2) is 3.67. The number of carboxylic acids is 1. The average molecular weight is 266 g/mol. The van der Waals surface area contributed by atoms with E-state index in [9.17, 15) is 4.79 Å². The van der Waals surface area contributed by atoms with E-state index < -0.39 is 5.97 Å². The summed E-state index contributed by atoms with van der Waals surface area (Å²) in [6.07, 6.45) is 0.669. The standard InChI is InChI=1S/C11H8BrNO2/c12-10-2-1-6(5-13)3-8(10)7-4-9(7)11(14)15/h1-3,7,9H,4H2,(H,14,15)/t7-,9+/m0/s1. The van der Waals surface area contributed by atoms with Gasteiger partial charge in [-0.1, -0.05) is 15.9 Å². The highest BCUT2D eigenvalue weighted by molar-refractivity contribution is 9.10. The van der Waals surface area contributed by atoms with Crippen LogP contribution in [0.5, 0.6) is 0 Å². The molecule has 0 heterocycles. The third-order valence-corrected chi connectivity index (χ3v) is 3.35. The van der Waals surface area contributed by atoms with Crippen LogP contribution in [0.3, 0.4) is 0 Å². The molecule has 0 spiro atoms. The van der Waals surface area contributed by atoms with Gasteiger partial charge in [0.05, 0.1) is 17.6 Å². The monoisotopic (exact) mass is 265 g/mol. The Bertz CT molecular complexity index is 464. The molecule has 0 amide bonds. The lowest BCUT2D eigenvalue weighted by Gasteiger charge is -2.02. The Morgan fingerprint density at radius 3 is 2.87 bits per heavy atom. The van der Waals surface area contributed by atoms with Crippen molar-refractivity contribution in [1.29, 1.82) is 5.26 Å². The normalized spacial score (nSPS) is 23.2. The fourth-order valence-electron chi connectivity index (χ4n) is 1.71. The lowest BCUT2D eigenvalue weighted by molar-refractivity contribution is -0.138. The molecule has 0 saturated heterocycles. The van der Waals surface area contributed by atoms with Gasteiger partial charge in [-0.25, -0.2) is 0 Å². The van der Waals surface area contributed by atoms with Gasteiger partial charge in [0, 0.05) is 4.47 Å². The van der Waals surface area contributed by atoms with Gasteiger partial charge < -0.3 is 5.11 Å². The maximum absolute atomic E-state index is 10.7. The predicted octanol–water partition coefficient (Wildman–Crippen LogP) is 2.51. The molecule has 1 saturated carbocycles. The number of nitriles is 1. The molecule has 2 rings (SSSR count). The van der Waals surface area contributed by atoms with Crippen LogP contribution in [0.15, 0.2) is 22.7 Å². The van der Waals surface area contributed by atoms with Gasteiger partial charge in [-0.05, 0) is 36.1 Å². The van der Waals surface area contributed by atoms with Crippen LogP contribution in [0.2, 0.25) is 0 Å². The lowest BCUT2D eigenvalue weighted by Crippen LogP contribution is -1.99. The van der Waals surface area contributed by atoms with Gasteiger partial charge in [0.15, 0.2) is 0 Å². The Kier molecular flexibility index (Phi) is 2.49. The Balaban J connectivity index is 2.30. The van der Waals surface area contributed by atoms with Crippen LogP contribution in [-0.4, -0.2) is 11.1 Å². The molecule has 0 radical (unpaired) electrons. The fraction of sp³-hybridized carbons (Fsp3) is 0.273. The number of aliphatic carboxylic acids is 1. The molecule has 15 heavy (non-hydrogen) atoms. The van der Waals surface area contributed by atoms with E-state index >= 15 is 0 Å². The zero-order chi connectivity index (χ0) is 11.0. The van der Waals surface area contributed by atoms with Crippen molar-refractivity contribution in [3.8, 4) is 6.07 Å². The van der Waals surface area contributed by atoms with E-state index in [1.807, 2.05) is 0 Å². The van der Waals surface area contributed by atoms with E-state index in [1.54, 1.807) is 18.2 Å². The zero-order valence-electron chi connectivity index (χ0n) is 7.77. The van der Waals surface area contributed by atoms with Crippen molar-refractivity contribution in [2.24, 2.45) is 5.92 Å². The summed E-state index contributed by atoms with van der Waals surface area (Å²) in [5.74, 6) is -0.977. The molecule has 76 valence electrons. The fourth-order valence-corrected chi connectivity index (χ4v) is 2.25. The first kappa shape index (κ1) is 10.2. The topological polar surface area (TPSA) is 61.1 Å².